The molecule has 1 amide bonds. The average Bonchev–Trinajstić information content (AvgIpc) is 3.37. The molecule has 0 heterocycles. The summed E-state index contributed by atoms with van der Waals surface area (Å²) in [5.41, 5.74) is 2.36. The van der Waals surface area contributed by atoms with Crippen LogP contribution >= 0.6 is 11.6 Å². The molecule has 0 bridgehead atoms. The third-order valence-electron chi connectivity index (χ3n) is 4.17. The first-order valence-electron chi connectivity index (χ1n) is 8.06. The lowest BCUT2D eigenvalue weighted by Crippen LogP contribution is -2.34. The van der Waals surface area contributed by atoms with Gasteiger partial charge in [0.1, 0.15) is 5.82 Å². The van der Waals surface area contributed by atoms with E-state index in [4.69, 9.17) is 11.6 Å². The molecule has 1 fully saturated rings. The van der Waals surface area contributed by atoms with Crippen LogP contribution in [0.5, 0.6) is 0 Å². The van der Waals surface area contributed by atoms with E-state index in [9.17, 15) is 9.18 Å². The Balaban J connectivity index is 1.66. The molecule has 1 saturated carbocycles. The van der Waals surface area contributed by atoms with Gasteiger partial charge in [-0.3, -0.25) is 9.69 Å². The SMILES string of the molecule is Cc1ccc(NC(=O)CN(Cc2c(F)cccc2Cl)C2CC2)cc1. The molecule has 1 aliphatic rings. The van der Waals surface area contributed by atoms with E-state index in [1.54, 1.807) is 12.1 Å². The zero-order chi connectivity index (χ0) is 17.1. The number of amides is 1. The van der Waals surface area contributed by atoms with Crippen molar-refractivity contribution < 1.29 is 9.18 Å². The summed E-state index contributed by atoms with van der Waals surface area (Å²) in [5, 5.41) is 3.29. The van der Waals surface area contributed by atoms with Crippen molar-refractivity contribution in [3.05, 3.63) is 64.4 Å². The third kappa shape index (κ3) is 4.34. The van der Waals surface area contributed by atoms with Crippen molar-refractivity contribution in [3.63, 3.8) is 0 Å². The molecule has 0 spiro atoms. The summed E-state index contributed by atoms with van der Waals surface area (Å²) in [6.07, 6.45) is 2.06. The maximum absolute atomic E-state index is 14.0. The van der Waals surface area contributed by atoms with Crippen LogP contribution in [-0.2, 0) is 11.3 Å². The number of rotatable bonds is 6. The van der Waals surface area contributed by atoms with E-state index in [2.05, 4.69) is 5.32 Å². The topological polar surface area (TPSA) is 32.3 Å². The summed E-state index contributed by atoms with van der Waals surface area (Å²) >= 11 is 6.11. The Bertz CT molecular complexity index is 708. The van der Waals surface area contributed by atoms with Gasteiger partial charge in [0.2, 0.25) is 5.91 Å². The molecule has 2 aromatic rings. The summed E-state index contributed by atoms with van der Waals surface area (Å²) in [5.74, 6) is -0.426. The van der Waals surface area contributed by atoms with Crippen molar-refractivity contribution in [2.45, 2.75) is 32.4 Å². The normalized spacial score (nSPS) is 14.0. The summed E-state index contributed by atoms with van der Waals surface area (Å²) in [6.45, 7) is 2.57. The smallest absolute Gasteiger partial charge is 0.238 e. The standard InChI is InChI=1S/C19H20ClFN2O/c1-13-5-7-14(8-6-13)22-19(24)12-23(15-9-10-15)11-16-17(20)3-2-4-18(16)21/h2-8,15H,9-12H2,1H3,(H,22,24). The number of hydrogen-bond acceptors (Lipinski definition) is 2. The van der Waals surface area contributed by atoms with Gasteiger partial charge in [-0.1, -0.05) is 35.4 Å². The van der Waals surface area contributed by atoms with Crippen LogP contribution < -0.4 is 5.32 Å². The van der Waals surface area contributed by atoms with Crippen LogP contribution in [0.4, 0.5) is 10.1 Å². The Morgan fingerprint density at radius 3 is 2.58 bits per heavy atom. The molecule has 0 saturated heterocycles. The minimum Gasteiger partial charge on any atom is -0.325 e. The van der Waals surface area contributed by atoms with Crippen LogP contribution in [0.25, 0.3) is 0 Å². The molecule has 0 unspecified atom stereocenters. The number of nitrogens with one attached hydrogen (secondary N) is 1. The van der Waals surface area contributed by atoms with E-state index in [1.165, 1.54) is 6.07 Å². The number of halogens is 2. The minimum atomic E-state index is -0.327. The zero-order valence-electron chi connectivity index (χ0n) is 13.6. The molecule has 24 heavy (non-hydrogen) atoms. The zero-order valence-corrected chi connectivity index (χ0v) is 14.3. The molecular weight excluding hydrogens is 327 g/mol. The van der Waals surface area contributed by atoms with Crippen LogP contribution in [0.15, 0.2) is 42.5 Å². The summed E-state index contributed by atoms with van der Waals surface area (Å²) in [6, 6.07) is 12.7. The van der Waals surface area contributed by atoms with Gasteiger partial charge >= 0.3 is 0 Å². The molecule has 1 aliphatic carbocycles. The molecule has 1 N–H and O–H groups in total. The van der Waals surface area contributed by atoms with E-state index in [0.29, 0.717) is 23.2 Å². The molecule has 0 aliphatic heterocycles. The first-order chi connectivity index (χ1) is 11.5. The Hall–Kier alpha value is -1.91. The highest BCUT2D eigenvalue weighted by Crippen LogP contribution is 2.30. The number of aryl methyl sites for hydroxylation is 1. The first-order valence-corrected chi connectivity index (χ1v) is 8.44. The van der Waals surface area contributed by atoms with Gasteiger partial charge in [-0.15, -0.1) is 0 Å². The summed E-state index contributed by atoms with van der Waals surface area (Å²) < 4.78 is 14.0. The Morgan fingerprint density at radius 2 is 1.96 bits per heavy atom. The molecule has 0 radical (unpaired) electrons. The molecule has 0 aromatic heterocycles. The number of nitrogens with zero attached hydrogens (tertiary/aromatic N) is 1. The highest BCUT2D eigenvalue weighted by atomic mass is 35.5. The van der Waals surface area contributed by atoms with Crippen LogP contribution in [0.1, 0.15) is 24.0 Å². The Labute approximate surface area is 146 Å². The molecule has 2 aromatic carbocycles. The molecular formula is C19H20ClFN2O. The van der Waals surface area contributed by atoms with Crippen molar-refractivity contribution in [3.8, 4) is 0 Å². The Kier molecular flexibility index (Phi) is 5.17. The second-order valence-electron chi connectivity index (χ2n) is 6.25. The van der Waals surface area contributed by atoms with Crippen LogP contribution in [0.3, 0.4) is 0 Å². The molecule has 126 valence electrons. The summed E-state index contributed by atoms with van der Waals surface area (Å²) in [4.78, 5) is 14.3. The van der Waals surface area contributed by atoms with Crippen molar-refractivity contribution >= 4 is 23.2 Å². The number of carbonyl (C=O) groups is 1. The first kappa shape index (κ1) is 16.9. The quantitative estimate of drug-likeness (QED) is 0.841. The van der Waals surface area contributed by atoms with E-state index in [1.807, 2.05) is 36.1 Å². The fraction of sp³-hybridized carbons (Fsp3) is 0.316. The maximum atomic E-state index is 14.0. The van der Waals surface area contributed by atoms with Gasteiger partial charge in [0.15, 0.2) is 0 Å². The van der Waals surface area contributed by atoms with Gasteiger partial charge in [-0.05, 0) is 44.0 Å². The number of anilines is 1. The average molecular weight is 347 g/mol. The third-order valence-corrected chi connectivity index (χ3v) is 4.52. The number of carbonyl (C=O) groups excluding carboxylic acids is 1. The predicted molar refractivity (Wildman–Crippen MR) is 94.7 cm³/mol. The van der Waals surface area contributed by atoms with E-state index in [-0.39, 0.29) is 18.3 Å². The van der Waals surface area contributed by atoms with Crippen molar-refractivity contribution in [2.24, 2.45) is 0 Å². The number of benzene rings is 2. The monoisotopic (exact) mass is 346 g/mol. The highest BCUT2D eigenvalue weighted by molar-refractivity contribution is 6.31. The largest absolute Gasteiger partial charge is 0.325 e. The van der Waals surface area contributed by atoms with Crippen molar-refractivity contribution in [1.29, 1.82) is 0 Å². The lowest BCUT2D eigenvalue weighted by atomic mass is 10.2. The van der Waals surface area contributed by atoms with Gasteiger partial charge in [-0.25, -0.2) is 4.39 Å². The van der Waals surface area contributed by atoms with E-state index in [0.717, 1.165) is 24.1 Å². The van der Waals surface area contributed by atoms with Gasteiger partial charge in [0.25, 0.3) is 0 Å². The highest BCUT2D eigenvalue weighted by Gasteiger charge is 2.31. The van der Waals surface area contributed by atoms with Crippen LogP contribution in [-0.4, -0.2) is 23.4 Å². The van der Waals surface area contributed by atoms with Gasteiger partial charge in [-0.2, -0.15) is 0 Å². The lowest BCUT2D eigenvalue weighted by molar-refractivity contribution is -0.117. The van der Waals surface area contributed by atoms with Crippen molar-refractivity contribution in [1.82, 2.24) is 4.90 Å². The molecule has 3 rings (SSSR count). The molecule has 0 atom stereocenters. The number of hydrogen-bond donors (Lipinski definition) is 1. The van der Waals surface area contributed by atoms with Crippen molar-refractivity contribution in [2.75, 3.05) is 11.9 Å². The summed E-state index contributed by atoms with van der Waals surface area (Å²) in [7, 11) is 0. The fourth-order valence-corrected chi connectivity index (χ4v) is 2.88. The lowest BCUT2D eigenvalue weighted by Gasteiger charge is -2.22. The van der Waals surface area contributed by atoms with Crippen LogP contribution in [0.2, 0.25) is 5.02 Å². The van der Waals surface area contributed by atoms with Gasteiger partial charge < -0.3 is 5.32 Å². The van der Waals surface area contributed by atoms with E-state index >= 15 is 0 Å². The maximum Gasteiger partial charge on any atom is 0.238 e. The molecule has 3 nitrogen and oxygen atoms in total. The molecule has 5 heteroatoms. The van der Waals surface area contributed by atoms with E-state index < -0.39 is 0 Å². The fourth-order valence-electron chi connectivity index (χ4n) is 2.66. The predicted octanol–water partition coefficient (Wildman–Crippen LogP) is 4.39. The van der Waals surface area contributed by atoms with Gasteiger partial charge in [0.05, 0.1) is 6.54 Å². The Morgan fingerprint density at radius 1 is 1.25 bits per heavy atom. The van der Waals surface area contributed by atoms with Gasteiger partial charge in [0, 0.05) is 28.9 Å². The second-order valence-corrected chi connectivity index (χ2v) is 6.66. The van der Waals surface area contributed by atoms with Crippen LogP contribution in [0, 0.1) is 12.7 Å². The minimum absolute atomic E-state index is 0.0989. The second kappa shape index (κ2) is 7.32.